The molecule has 2 aliphatic heterocycles. The molecule has 1 atom stereocenters. The van der Waals surface area contributed by atoms with Crippen molar-refractivity contribution in [1.82, 2.24) is 25.0 Å². The fourth-order valence-electron chi connectivity index (χ4n) is 3.70. The molecule has 2 fully saturated rings. The molecule has 2 aromatic rings. The molecule has 154 valence electrons. The van der Waals surface area contributed by atoms with Crippen molar-refractivity contribution in [1.29, 1.82) is 0 Å². The Morgan fingerprint density at radius 2 is 2.00 bits per heavy atom. The minimum atomic E-state index is 0.0200. The van der Waals surface area contributed by atoms with Gasteiger partial charge in [-0.2, -0.15) is 0 Å². The number of nitrogens with one attached hydrogen (secondary N) is 1. The van der Waals surface area contributed by atoms with Crippen molar-refractivity contribution >= 4 is 12.0 Å². The van der Waals surface area contributed by atoms with Gasteiger partial charge in [0.05, 0.1) is 13.2 Å². The Morgan fingerprint density at radius 3 is 2.72 bits per heavy atom. The average Bonchev–Trinajstić information content (AvgIpc) is 3.29. The monoisotopic (exact) mass is 398 g/mol. The predicted molar refractivity (Wildman–Crippen MR) is 108 cm³/mol. The SMILES string of the molecule is C=C(C)Cn1c(COc2ccc(OC)cc2)nnc1N1CCN2C(=O)NCC2C1. The molecule has 1 unspecified atom stereocenters. The van der Waals surface area contributed by atoms with Gasteiger partial charge in [0, 0.05) is 32.7 Å². The number of urea groups is 1. The number of nitrogens with zero attached hydrogens (tertiary/aromatic N) is 5. The van der Waals surface area contributed by atoms with Crippen LogP contribution in [0.2, 0.25) is 0 Å². The standard InChI is InChI=1S/C20H26N6O3/c1-14(2)11-26-18(13-29-17-6-4-16(28-3)5-7-17)22-23-19(26)24-8-9-25-15(12-24)10-21-20(25)27/h4-7,15H,1,8-13H2,2-3H3,(H,21,27). The topological polar surface area (TPSA) is 84.8 Å². The molecular weight excluding hydrogens is 372 g/mol. The average molecular weight is 398 g/mol. The smallest absolute Gasteiger partial charge is 0.317 e. The fraction of sp³-hybridized carbons (Fsp3) is 0.450. The summed E-state index contributed by atoms with van der Waals surface area (Å²) in [7, 11) is 1.63. The number of anilines is 1. The van der Waals surface area contributed by atoms with Crippen LogP contribution in [0.1, 0.15) is 12.7 Å². The Kier molecular flexibility index (Phi) is 5.28. The van der Waals surface area contributed by atoms with E-state index in [4.69, 9.17) is 9.47 Å². The zero-order valence-electron chi connectivity index (χ0n) is 16.8. The number of hydrogen-bond donors (Lipinski definition) is 1. The van der Waals surface area contributed by atoms with Crippen LogP contribution in [-0.2, 0) is 13.2 Å². The highest BCUT2D eigenvalue weighted by molar-refractivity contribution is 5.77. The highest BCUT2D eigenvalue weighted by Gasteiger charge is 2.37. The van der Waals surface area contributed by atoms with Gasteiger partial charge >= 0.3 is 6.03 Å². The maximum absolute atomic E-state index is 11.9. The number of rotatable bonds is 7. The molecule has 0 radical (unpaired) electrons. The number of fused-ring (bicyclic) bond motifs is 1. The molecule has 1 N–H and O–H groups in total. The first-order valence-corrected chi connectivity index (χ1v) is 9.68. The maximum Gasteiger partial charge on any atom is 0.317 e. The Hall–Kier alpha value is -3.23. The number of carbonyl (C=O) groups excluding carboxylic acids is 1. The van der Waals surface area contributed by atoms with Crippen molar-refractivity contribution in [2.24, 2.45) is 0 Å². The Labute approximate surface area is 169 Å². The second-order valence-electron chi connectivity index (χ2n) is 7.40. The molecule has 3 heterocycles. The van der Waals surface area contributed by atoms with E-state index in [0.29, 0.717) is 26.2 Å². The third kappa shape index (κ3) is 3.98. The molecular formula is C20H26N6O3. The second-order valence-corrected chi connectivity index (χ2v) is 7.40. The zero-order chi connectivity index (χ0) is 20.4. The van der Waals surface area contributed by atoms with Crippen molar-refractivity contribution in [3.05, 3.63) is 42.2 Å². The van der Waals surface area contributed by atoms with E-state index >= 15 is 0 Å². The lowest BCUT2D eigenvalue weighted by atomic mass is 10.2. The number of aromatic nitrogens is 3. The van der Waals surface area contributed by atoms with Gasteiger partial charge in [0.25, 0.3) is 0 Å². The van der Waals surface area contributed by atoms with Crippen LogP contribution >= 0.6 is 0 Å². The molecule has 2 saturated heterocycles. The van der Waals surface area contributed by atoms with Crippen LogP contribution < -0.4 is 19.7 Å². The molecule has 4 rings (SSSR count). The van der Waals surface area contributed by atoms with E-state index in [-0.39, 0.29) is 12.1 Å². The van der Waals surface area contributed by atoms with Crippen molar-refractivity contribution in [3.8, 4) is 11.5 Å². The Balaban J connectivity index is 1.50. The quantitative estimate of drug-likeness (QED) is 0.714. The summed E-state index contributed by atoms with van der Waals surface area (Å²) in [4.78, 5) is 15.9. The van der Waals surface area contributed by atoms with Crippen LogP contribution in [-0.4, -0.2) is 65.0 Å². The number of piperazine rings is 1. The van der Waals surface area contributed by atoms with Gasteiger partial charge in [0.15, 0.2) is 5.82 Å². The van der Waals surface area contributed by atoms with E-state index < -0.39 is 0 Å². The second kappa shape index (κ2) is 8.02. The van der Waals surface area contributed by atoms with Crippen LogP contribution in [0, 0.1) is 0 Å². The number of ether oxygens (including phenoxy) is 2. The minimum absolute atomic E-state index is 0.0200. The van der Waals surface area contributed by atoms with E-state index in [1.165, 1.54) is 0 Å². The molecule has 29 heavy (non-hydrogen) atoms. The van der Waals surface area contributed by atoms with Crippen molar-refractivity contribution in [2.75, 3.05) is 38.2 Å². The summed E-state index contributed by atoms with van der Waals surface area (Å²) in [5.41, 5.74) is 1.01. The first kappa shape index (κ1) is 19.1. The first-order valence-electron chi connectivity index (χ1n) is 9.68. The first-order chi connectivity index (χ1) is 14.0. The summed E-state index contributed by atoms with van der Waals surface area (Å²) in [6, 6.07) is 7.62. The van der Waals surface area contributed by atoms with Crippen LogP contribution in [0.25, 0.3) is 0 Å². The molecule has 0 bridgehead atoms. The van der Waals surface area contributed by atoms with E-state index in [0.717, 1.165) is 41.9 Å². The molecule has 1 aromatic carbocycles. The highest BCUT2D eigenvalue weighted by atomic mass is 16.5. The normalized spacial score (nSPS) is 18.4. The van der Waals surface area contributed by atoms with Crippen molar-refractivity contribution < 1.29 is 14.3 Å². The Morgan fingerprint density at radius 1 is 1.24 bits per heavy atom. The van der Waals surface area contributed by atoms with Gasteiger partial charge in [-0.15, -0.1) is 10.2 Å². The van der Waals surface area contributed by atoms with E-state index in [1.807, 2.05) is 40.7 Å². The van der Waals surface area contributed by atoms with E-state index in [9.17, 15) is 4.79 Å². The number of methoxy groups -OCH3 is 1. The van der Waals surface area contributed by atoms with Crippen LogP contribution in [0.5, 0.6) is 11.5 Å². The van der Waals surface area contributed by atoms with Crippen LogP contribution in [0.15, 0.2) is 36.4 Å². The third-order valence-corrected chi connectivity index (χ3v) is 5.18. The number of allylic oxidation sites excluding steroid dienone is 1. The summed E-state index contributed by atoms with van der Waals surface area (Å²) in [6.45, 7) is 9.73. The zero-order valence-corrected chi connectivity index (χ0v) is 16.8. The summed E-state index contributed by atoms with van der Waals surface area (Å²) < 4.78 is 13.1. The Bertz CT molecular complexity index is 894. The molecule has 2 aliphatic rings. The minimum Gasteiger partial charge on any atom is -0.497 e. The van der Waals surface area contributed by atoms with Gasteiger partial charge in [-0.3, -0.25) is 4.57 Å². The van der Waals surface area contributed by atoms with Gasteiger partial charge in [-0.25, -0.2) is 4.79 Å². The van der Waals surface area contributed by atoms with Gasteiger partial charge in [-0.1, -0.05) is 12.2 Å². The lowest BCUT2D eigenvalue weighted by molar-refractivity contribution is 0.197. The third-order valence-electron chi connectivity index (χ3n) is 5.18. The molecule has 0 spiro atoms. The summed E-state index contributed by atoms with van der Waals surface area (Å²) in [5.74, 6) is 3.05. The molecule has 0 saturated carbocycles. The fourth-order valence-corrected chi connectivity index (χ4v) is 3.70. The lowest BCUT2D eigenvalue weighted by Crippen LogP contribution is -2.52. The number of benzene rings is 1. The summed E-state index contributed by atoms with van der Waals surface area (Å²) >= 11 is 0. The largest absolute Gasteiger partial charge is 0.497 e. The summed E-state index contributed by atoms with van der Waals surface area (Å²) in [6.07, 6.45) is 0. The molecule has 9 heteroatoms. The van der Waals surface area contributed by atoms with Gasteiger partial charge in [0.1, 0.15) is 18.1 Å². The van der Waals surface area contributed by atoms with Crippen LogP contribution in [0.3, 0.4) is 0 Å². The van der Waals surface area contributed by atoms with Gasteiger partial charge < -0.3 is 24.6 Å². The number of hydrogen-bond acceptors (Lipinski definition) is 6. The molecule has 9 nitrogen and oxygen atoms in total. The summed E-state index contributed by atoms with van der Waals surface area (Å²) in [5, 5.41) is 11.7. The lowest BCUT2D eigenvalue weighted by Gasteiger charge is -2.36. The van der Waals surface area contributed by atoms with E-state index in [2.05, 4.69) is 27.0 Å². The maximum atomic E-state index is 11.9. The molecule has 1 aromatic heterocycles. The van der Waals surface area contributed by atoms with E-state index in [1.54, 1.807) is 7.11 Å². The molecule has 2 amide bonds. The number of amides is 2. The molecule has 0 aliphatic carbocycles. The number of carbonyl (C=O) groups is 1. The van der Waals surface area contributed by atoms with Crippen LogP contribution in [0.4, 0.5) is 10.7 Å². The van der Waals surface area contributed by atoms with Gasteiger partial charge in [-0.05, 0) is 31.2 Å². The van der Waals surface area contributed by atoms with Crippen molar-refractivity contribution in [3.63, 3.8) is 0 Å². The van der Waals surface area contributed by atoms with Gasteiger partial charge in [0.2, 0.25) is 5.95 Å². The van der Waals surface area contributed by atoms with Crippen molar-refractivity contribution in [2.45, 2.75) is 26.1 Å². The highest BCUT2D eigenvalue weighted by Crippen LogP contribution is 2.23. The predicted octanol–water partition coefficient (Wildman–Crippen LogP) is 1.66.